The van der Waals surface area contributed by atoms with Gasteiger partial charge in [0.2, 0.25) is 0 Å². The molecule has 0 radical (unpaired) electrons. The van der Waals surface area contributed by atoms with Crippen LogP contribution in [0.15, 0.2) is 48.5 Å². The van der Waals surface area contributed by atoms with E-state index in [0.717, 1.165) is 12.2 Å². The van der Waals surface area contributed by atoms with Crippen LogP contribution >= 0.6 is 0 Å². The third-order valence-electron chi connectivity index (χ3n) is 3.50. The first-order valence-corrected chi connectivity index (χ1v) is 8.00. The maximum atomic E-state index is 12.8. The van der Waals surface area contributed by atoms with Crippen LogP contribution in [0.3, 0.4) is 0 Å². The van der Waals surface area contributed by atoms with E-state index in [2.05, 4.69) is 12.2 Å². The second kappa shape index (κ2) is 8.91. The molecular weight excluding hydrogens is 309 g/mol. The number of amides is 1. The summed E-state index contributed by atoms with van der Waals surface area (Å²) < 4.78 is 23.8. The van der Waals surface area contributed by atoms with Crippen molar-refractivity contribution in [2.45, 2.75) is 26.4 Å². The molecule has 2 aromatic carbocycles. The average molecular weight is 331 g/mol. The summed E-state index contributed by atoms with van der Waals surface area (Å²) in [6.45, 7) is 4.50. The molecule has 0 fully saturated rings. The molecular formula is C19H22FNO3. The summed E-state index contributed by atoms with van der Waals surface area (Å²) in [4.78, 5) is 11.9. The van der Waals surface area contributed by atoms with Crippen molar-refractivity contribution >= 4 is 5.91 Å². The molecule has 0 spiro atoms. The van der Waals surface area contributed by atoms with Gasteiger partial charge in [-0.2, -0.15) is 0 Å². The number of carbonyl (C=O) groups excluding carboxylic acids is 1. The number of carbonyl (C=O) groups is 1. The standard InChI is InChI=1S/C19H22FNO3/c1-3-15-4-8-17(9-5-15)23-13-12-21-19(22)14(2)24-18-10-6-16(20)7-11-18/h4-11,14H,3,12-13H2,1-2H3,(H,21,22)/t14-/m0/s1. The van der Waals surface area contributed by atoms with Crippen molar-refractivity contribution in [2.24, 2.45) is 0 Å². The van der Waals surface area contributed by atoms with Gasteiger partial charge in [0.1, 0.15) is 23.9 Å². The lowest BCUT2D eigenvalue weighted by molar-refractivity contribution is -0.127. The Bertz CT molecular complexity index is 641. The van der Waals surface area contributed by atoms with Gasteiger partial charge < -0.3 is 14.8 Å². The highest BCUT2D eigenvalue weighted by molar-refractivity contribution is 5.80. The van der Waals surface area contributed by atoms with Crippen molar-refractivity contribution in [3.63, 3.8) is 0 Å². The van der Waals surface area contributed by atoms with Crippen molar-refractivity contribution in [2.75, 3.05) is 13.2 Å². The number of hydrogen-bond donors (Lipinski definition) is 1. The number of halogens is 1. The summed E-state index contributed by atoms with van der Waals surface area (Å²) in [6, 6.07) is 13.4. The maximum absolute atomic E-state index is 12.8. The minimum atomic E-state index is -0.667. The molecule has 0 heterocycles. The second-order valence-electron chi connectivity index (χ2n) is 5.35. The van der Waals surface area contributed by atoms with Crippen LogP contribution in [0.2, 0.25) is 0 Å². The highest BCUT2D eigenvalue weighted by Crippen LogP contribution is 2.13. The first-order chi connectivity index (χ1) is 11.6. The fourth-order valence-corrected chi connectivity index (χ4v) is 2.08. The molecule has 0 aliphatic carbocycles. The number of nitrogens with one attached hydrogen (secondary N) is 1. The SMILES string of the molecule is CCc1ccc(OCCNC(=O)[C@H](C)Oc2ccc(F)cc2)cc1. The number of aryl methyl sites for hydroxylation is 1. The van der Waals surface area contributed by atoms with Crippen LogP contribution in [-0.4, -0.2) is 25.2 Å². The molecule has 1 N–H and O–H groups in total. The van der Waals surface area contributed by atoms with Gasteiger partial charge in [0.15, 0.2) is 6.10 Å². The summed E-state index contributed by atoms with van der Waals surface area (Å²) in [5.41, 5.74) is 1.25. The quantitative estimate of drug-likeness (QED) is 0.755. The fraction of sp³-hybridized carbons (Fsp3) is 0.316. The predicted molar refractivity (Wildman–Crippen MR) is 90.8 cm³/mol. The van der Waals surface area contributed by atoms with Crippen LogP contribution in [0.4, 0.5) is 4.39 Å². The Labute approximate surface area is 141 Å². The predicted octanol–water partition coefficient (Wildman–Crippen LogP) is 3.35. The van der Waals surface area contributed by atoms with E-state index in [0.29, 0.717) is 18.9 Å². The van der Waals surface area contributed by atoms with Crippen LogP contribution in [-0.2, 0) is 11.2 Å². The molecule has 0 bridgehead atoms. The Morgan fingerprint density at radius 1 is 1.08 bits per heavy atom. The minimum absolute atomic E-state index is 0.246. The summed E-state index contributed by atoms with van der Waals surface area (Å²) in [5.74, 6) is 0.635. The minimum Gasteiger partial charge on any atom is -0.492 e. The molecule has 5 heteroatoms. The van der Waals surface area contributed by atoms with Crippen molar-refractivity contribution in [1.29, 1.82) is 0 Å². The lowest BCUT2D eigenvalue weighted by atomic mass is 10.2. The molecule has 0 unspecified atom stereocenters. The monoisotopic (exact) mass is 331 g/mol. The van der Waals surface area contributed by atoms with E-state index < -0.39 is 6.10 Å². The van der Waals surface area contributed by atoms with E-state index in [9.17, 15) is 9.18 Å². The van der Waals surface area contributed by atoms with Crippen LogP contribution in [0.1, 0.15) is 19.4 Å². The first kappa shape index (κ1) is 17.8. The van der Waals surface area contributed by atoms with Crippen molar-refractivity contribution in [1.82, 2.24) is 5.32 Å². The smallest absolute Gasteiger partial charge is 0.260 e. The molecule has 128 valence electrons. The molecule has 0 aromatic heterocycles. The summed E-state index contributed by atoms with van der Waals surface area (Å²) >= 11 is 0. The van der Waals surface area contributed by atoms with Crippen molar-refractivity contribution in [3.05, 3.63) is 59.9 Å². The number of benzene rings is 2. The van der Waals surface area contributed by atoms with Gasteiger partial charge in [-0.1, -0.05) is 19.1 Å². The molecule has 4 nitrogen and oxygen atoms in total. The second-order valence-corrected chi connectivity index (χ2v) is 5.35. The molecule has 2 aromatic rings. The molecule has 24 heavy (non-hydrogen) atoms. The highest BCUT2D eigenvalue weighted by Gasteiger charge is 2.14. The van der Waals surface area contributed by atoms with Crippen LogP contribution in [0.5, 0.6) is 11.5 Å². The zero-order chi connectivity index (χ0) is 17.4. The van der Waals surface area contributed by atoms with E-state index in [1.807, 2.05) is 24.3 Å². The van der Waals surface area contributed by atoms with Gasteiger partial charge in [0.25, 0.3) is 5.91 Å². The van der Waals surface area contributed by atoms with Gasteiger partial charge in [0.05, 0.1) is 6.54 Å². The number of rotatable bonds is 8. The van der Waals surface area contributed by atoms with E-state index in [4.69, 9.17) is 9.47 Å². The van der Waals surface area contributed by atoms with Gasteiger partial charge >= 0.3 is 0 Å². The lowest BCUT2D eigenvalue weighted by Gasteiger charge is -2.15. The van der Waals surface area contributed by atoms with Crippen LogP contribution in [0, 0.1) is 5.82 Å². The van der Waals surface area contributed by atoms with E-state index in [1.54, 1.807) is 6.92 Å². The number of hydrogen-bond acceptors (Lipinski definition) is 3. The fourth-order valence-electron chi connectivity index (χ4n) is 2.08. The summed E-state index contributed by atoms with van der Waals surface area (Å²) in [5, 5.41) is 2.74. The lowest BCUT2D eigenvalue weighted by Crippen LogP contribution is -2.38. The Kier molecular flexibility index (Phi) is 6.61. The van der Waals surface area contributed by atoms with E-state index in [-0.39, 0.29) is 11.7 Å². The molecule has 2 rings (SSSR count). The topological polar surface area (TPSA) is 47.6 Å². The normalized spacial score (nSPS) is 11.6. The van der Waals surface area contributed by atoms with Gasteiger partial charge in [-0.15, -0.1) is 0 Å². The van der Waals surface area contributed by atoms with Crippen molar-refractivity contribution < 1.29 is 18.7 Å². The third kappa shape index (κ3) is 5.57. The van der Waals surface area contributed by atoms with Crippen LogP contribution in [0.25, 0.3) is 0 Å². The maximum Gasteiger partial charge on any atom is 0.260 e. The highest BCUT2D eigenvalue weighted by atomic mass is 19.1. The van der Waals surface area contributed by atoms with Crippen LogP contribution < -0.4 is 14.8 Å². The van der Waals surface area contributed by atoms with Gasteiger partial charge in [-0.3, -0.25) is 4.79 Å². The number of ether oxygens (including phenoxy) is 2. The third-order valence-corrected chi connectivity index (χ3v) is 3.50. The molecule has 0 saturated carbocycles. The largest absolute Gasteiger partial charge is 0.492 e. The molecule has 0 saturated heterocycles. The summed E-state index contributed by atoms with van der Waals surface area (Å²) in [7, 11) is 0. The first-order valence-electron chi connectivity index (χ1n) is 8.00. The Hall–Kier alpha value is -2.56. The van der Waals surface area contributed by atoms with E-state index >= 15 is 0 Å². The zero-order valence-corrected chi connectivity index (χ0v) is 13.9. The summed E-state index contributed by atoms with van der Waals surface area (Å²) in [6.07, 6.45) is 0.321. The van der Waals surface area contributed by atoms with E-state index in [1.165, 1.54) is 29.8 Å². The molecule has 1 atom stereocenters. The molecule has 0 aliphatic heterocycles. The Morgan fingerprint density at radius 2 is 1.71 bits per heavy atom. The molecule has 0 aliphatic rings. The zero-order valence-electron chi connectivity index (χ0n) is 13.9. The molecule has 1 amide bonds. The van der Waals surface area contributed by atoms with Gasteiger partial charge in [-0.05, 0) is 55.3 Å². The Balaban J connectivity index is 1.69. The van der Waals surface area contributed by atoms with Gasteiger partial charge in [-0.25, -0.2) is 4.39 Å². The Morgan fingerprint density at radius 3 is 2.33 bits per heavy atom. The van der Waals surface area contributed by atoms with Crippen molar-refractivity contribution in [3.8, 4) is 11.5 Å². The van der Waals surface area contributed by atoms with Gasteiger partial charge in [0, 0.05) is 0 Å². The average Bonchev–Trinajstić information content (AvgIpc) is 2.61.